The highest BCUT2D eigenvalue weighted by Crippen LogP contribution is 2.41. The molecule has 2 aromatic carbocycles. The summed E-state index contributed by atoms with van der Waals surface area (Å²) in [5, 5.41) is 7.00. The Morgan fingerprint density at radius 3 is 2.89 bits per heavy atom. The van der Waals surface area contributed by atoms with Gasteiger partial charge in [0.25, 0.3) is 5.56 Å². The first kappa shape index (κ1) is 17.0. The number of aryl methyl sites for hydroxylation is 1. The van der Waals surface area contributed by atoms with Gasteiger partial charge in [-0.25, -0.2) is 9.37 Å². The van der Waals surface area contributed by atoms with Crippen LogP contribution in [0.25, 0.3) is 10.9 Å². The minimum atomic E-state index is -2.64. The standard InChI is InChI=1S/C19H17Cl2FN4O.ClH/c1-26-10-24-15-5-2-11(8-12(15)18(26)27)25-19(6-7-23-9-19)16-14(22)4-3-13(20)17(16)21;/h2-5,8,10,23,25H,6-7,9H2,1H3;1H/i1D3;. The Morgan fingerprint density at radius 2 is 2.18 bits per heavy atom. The van der Waals surface area contributed by atoms with Gasteiger partial charge >= 0.3 is 0 Å². The van der Waals surface area contributed by atoms with Crippen molar-refractivity contribution in [3.8, 4) is 0 Å². The van der Waals surface area contributed by atoms with Gasteiger partial charge in [-0.05, 0) is 43.3 Å². The van der Waals surface area contributed by atoms with Gasteiger partial charge in [0.15, 0.2) is 0 Å². The lowest BCUT2D eigenvalue weighted by Crippen LogP contribution is -2.39. The second-order valence-corrected chi connectivity index (χ2v) is 7.29. The minimum absolute atomic E-state index is 0. The molecule has 3 aromatic rings. The molecule has 28 heavy (non-hydrogen) atoms. The quantitative estimate of drug-likeness (QED) is 0.595. The average Bonchev–Trinajstić information content (AvgIpc) is 3.14. The number of nitrogens with zero attached hydrogens (tertiary/aromatic N) is 2. The molecular formula is C19H18Cl3FN4O. The average molecular weight is 447 g/mol. The number of aromatic nitrogens is 2. The summed E-state index contributed by atoms with van der Waals surface area (Å²) >= 11 is 12.5. The molecule has 1 aromatic heterocycles. The highest BCUT2D eigenvalue weighted by Gasteiger charge is 2.40. The molecule has 9 heteroatoms. The largest absolute Gasteiger partial charge is 0.374 e. The SMILES string of the molecule is Cl.[2H]C([2H])([2H])n1cnc2ccc(NC3(c4c(F)ccc(Cl)c4Cl)CCNC3)cc2c1=O. The summed E-state index contributed by atoms with van der Waals surface area (Å²) in [6.07, 6.45) is 1.53. The second-order valence-electron chi connectivity index (χ2n) is 6.50. The molecule has 1 unspecified atom stereocenters. The van der Waals surface area contributed by atoms with Gasteiger partial charge in [0.2, 0.25) is 0 Å². The molecule has 1 atom stereocenters. The van der Waals surface area contributed by atoms with Gasteiger partial charge in [0, 0.05) is 28.9 Å². The summed E-state index contributed by atoms with van der Waals surface area (Å²) in [5.74, 6) is -0.493. The van der Waals surface area contributed by atoms with Crippen LogP contribution < -0.4 is 16.2 Å². The van der Waals surface area contributed by atoms with Gasteiger partial charge in [-0.2, -0.15) is 0 Å². The number of nitrogens with one attached hydrogen (secondary N) is 2. The van der Waals surface area contributed by atoms with Crippen molar-refractivity contribution in [2.45, 2.75) is 12.0 Å². The van der Waals surface area contributed by atoms with Crippen molar-refractivity contribution in [1.82, 2.24) is 14.9 Å². The van der Waals surface area contributed by atoms with Crippen LogP contribution in [0, 0.1) is 5.82 Å². The lowest BCUT2D eigenvalue weighted by Gasteiger charge is -2.33. The fourth-order valence-corrected chi connectivity index (χ4v) is 4.01. The smallest absolute Gasteiger partial charge is 0.260 e. The molecule has 1 fully saturated rings. The summed E-state index contributed by atoms with van der Waals surface area (Å²) in [5.41, 5.74) is -0.479. The normalized spacial score (nSPS) is 20.9. The van der Waals surface area contributed by atoms with Crippen LogP contribution in [0.2, 0.25) is 10.0 Å². The van der Waals surface area contributed by atoms with E-state index < -0.39 is 23.9 Å². The summed E-state index contributed by atoms with van der Waals surface area (Å²) in [4.78, 5) is 16.8. The highest BCUT2D eigenvalue weighted by molar-refractivity contribution is 6.42. The Kier molecular flexibility index (Phi) is 4.79. The highest BCUT2D eigenvalue weighted by atomic mass is 35.5. The van der Waals surface area contributed by atoms with Crippen molar-refractivity contribution in [1.29, 1.82) is 0 Å². The van der Waals surface area contributed by atoms with Gasteiger partial charge in [-0.1, -0.05) is 23.2 Å². The number of hydrogen-bond donors (Lipinski definition) is 2. The molecule has 1 aliphatic heterocycles. The van der Waals surface area contributed by atoms with E-state index in [1.165, 1.54) is 18.2 Å². The van der Waals surface area contributed by atoms with Crippen LogP contribution in [0.5, 0.6) is 0 Å². The summed E-state index contributed by atoms with van der Waals surface area (Å²) in [6.45, 7) is -1.64. The van der Waals surface area contributed by atoms with Gasteiger partial charge in [-0.3, -0.25) is 4.79 Å². The van der Waals surface area contributed by atoms with E-state index in [0.29, 0.717) is 35.3 Å². The number of benzene rings is 2. The third kappa shape index (κ3) is 3.46. The number of hydrogen-bond acceptors (Lipinski definition) is 4. The van der Waals surface area contributed by atoms with Crippen LogP contribution in [0.3, 0.4) is 0 Å². The van der Waals surface area contributed by atoms with Gasteiger partial charge < -0.3 is 15.2 Å². The fourth-order valence-electron chi connectivity index (χ4n) is 3.52. The molecule has 148 valence electrons. The van der Waals surface area contributed by atoms with E-state index in [2.05, 4.69) is 15.6 Å². The molecule has 4 rings (SSSR count). The maximum atomic E-state index is 14.8. The first-order valence-corrected chi connectivity index (χ1v) is 9.03. The second kappa shape index (κ2) is 7.87. The van der Waals surface area contributed by atoms with Crippen molar-refractivity contribution in [2.24, 2.45) is 6.98 Å². The van der Waals surface area contributed by atoms with Gasteiger partial charge in [0.05, 0.1) is 32.8 Å². The zero-order valence-corrected chi connectivity index (χ0v) is 16.8. The van der Waals surface area contributed by atoms with Crippen molar-refractivity contribution in [3.63, 3.8) is 0 Å². The van der Waals surface area contributed by atoms with Gasteiger partial charge in [0.1, 0.15) is 5.82 Å². The Labute approximate surface area is 181 Å². The zero-order valence-electron chi connectivity index (χ0n) is 17.4. The van der Waals surface area contributed by atoms with E-state index in [9.17, 15) is 9.18 Å². The summed E-state index contributed by atoms with van der Waals surface area (Å²) < 4.78 is 37.9. The van der Waals surface area contributed by atoms with Crippen LogP contribution >= 0.6 is 35.6 Å². The molecule has 0 spiro atoms. The summed E-state index contributed by atoms with van der Waals surface area (Å²) in [7, 11) is 0. The number of rotatable bonds is 3. The molecule has 0 aliphatic carbocycles. The van der Waals surface area contributed by atoms with Crippen LogP contribution in [0.1, 0.15) is 16.1 Å². The Hall–Kier alpha value is -1.86. The van der Waals surface area contributed by atoms with Crippen LogP contribution in [-0.2, 0) is 12.5 Å². The van der Waals surface area contributed by atoms with Crippen molar-refractivity contribution in [3.05, 3.63) is 68.4 Å². The first-order valence-electron chi connectivity index (χ1n) is 9.77. The van der Waals surface area contributed by atoms with E-state index in [1.54, 1.807) is 12.1 Å². The molecule has 1 saturated heterocycles. The number of halogens is 4. The van der Waals surface area contributed by atoms with Crippen LogP contribution in [0.15, 0.2) is 41.5 Å². The topological polar surface area (TPSA) is 59.0 Å². The first-order chi connectivity index (χ1) is 14.1. The van der Waals surface area contributed by atoms with Crippen molar-refractivity contribution in [2.75, 3.05) is 18.4 Å². The van der Waals surface area contributed by atoms with Crippen LogP contribution in [-0.4, -0.2) is 22.6 Å². The molecule has 0 radical (unpaired) electrons. The predicted octanol–water partition coefficient (Wildman–Crippen LogP) is 4.10. The van der Waals surface area contributed by atoms with E-state index in [0.717, 1.165) is 6.33 Å². The maximum Gasteiger partial charge on any atom is 0.260 e. The molecule has 0 bridgehead atoms. The maximum absolute atomic E-state index is 14.8. The lowest BCUT2D eigenvalue weighted by atomic mass is 9.88. The van der Waals surface area contributed by atoms with E-state index >= 15 is 0 Å². The third-order valence-corrected chi connectivity index (χ3v) is 5.62. The third-order valence-electron chi connectivity index (χ3n) is 4.82. The molecule has 2 N–H and O–H groups in total. The number of fused-ring (bicyclic) bond motifs is 1. The Bertz CT molecular complexity index is 1200. The fraction of sp³-hybridized carbons (Fsp3) is 0.263. The lowest BCUT2D eigenvalue weighted by molar-refractivity contribution is 0.496. The molecule has 5 nitrogen and oxygen atoms in total. The predicted molar refractivity (Wildman–Crippen MR) is 113 cm³/mol. The zero-order chi connectivity index (χ0) is 21.7. The molecule has 2 heterocycles. The van der Waals surface area contributed by atoms with E-state index in [4.69, 9.17) is 27.3 Å². The molecular weight excluding hydrogens is 426 g/mol. The summed E-state index contributed by atoms with van der Waals surface area (Å²) in [6, 6.07) is 7.49. The minimum Gasteiger partial charge on any atom is -0.374 e. The van der Waals surface area contributed by atoms with Crippen LogP contribution in [0.4, 0.5) is 10.1 Å². The molecule has 1 aliphatic rings. The Balaban J connectivity index is 0.00000272. The molecule has 0 amide bonds. The van der Waals surface area contributed by atoms with Crippen molar-refractivity contribution >= 4 is 52.2 Å². The van der Waals surface area contributed by atoms with Gasteiger partial charge in [-0.15, -0.1) is 12.4 Å². The monoisotopic (exact) mass is 445 g/mol. The van der Waals surface area contributed by atoms with Crippen molar-refractivity contribution < 1.29 is 8.50 Å². The number of anilines is 1. The van der Waals surface area contributed by atoms with E-state index in [1.807, 2.05) is 0 Å². The van der Waals surface area contributed by atoms with E-state index in [-0.39, 0.29) is 33.4 Å². The molecule has 0 saturated carbocycles. The Morgan fingerprint density at radius 1 is 1.36 bits per heavy atom.